The Bertz CT molecular complexity index is 367. The molecule has 1 aromatic rings. The highest BCUT2D eigenvalue weighted by molar-refractivity contribution is 9.10. The first-order valence-electron chi connectivity index (χ1n) is 5.28. The maximum absolute atomic E-state index is 11.5. The Hall–Kier alpha value is -0.910. The molecule has 0 spiro atoms. The van der Waals surface area contributed by atoms with Crippen molar-refractivity contribution in [1.29, 1.82) is 0 Å². The minimum atomic E-state index is -0.303. The van der Waals surface area contributed by atoms with Crippen LogP contribution in [0.15, 0.2) is 28.7 Å². The second-order valence-corrected chi connectivity index (χ2v) is 4.50. The number of carbonyl (C=O) groups is 1. The summed E-state index contributed by atoms with van der Waals surface area (Å²) < 4.78 is 11.1. The molecule has 5 heteroatoms. The van der Waals surface area contributed by atoms with Crippen molar-refractivity contribution in [2.75, 3.05) is 13.7 Å². The lowest BCUT2D eigenvalue weighted by Gasteiger charge is -2.12. The number of halogens is 1. The molecule has 0 saturated heterocycles. The largest absolute Gasteiger partial charge is 0.461 e. The van der Waals surface area contributed by atoms with E-state index in [1.807, 2.05) is 24.3 Å². The van der Waals surface area contributed by atoms with Gasteiger partial charge in [-0.05, 0) is 17.7 Å². The summed E-state index contributed by atoms with van der Waals surface area (Å²) in [6.07, 6.45) is -0.0916. The number of methoxy groups -OCH3 is 1. The number of hydrogen-bond donors (Lipinski definition) is 1. The van der Waals surface area contributed by atoms with Gasteiger partial charge in [0.15, 0.2) is 0 Å². The van der Waals surface area contributed by atoms with E-state index in [4.69, 9.17) is 15.2 Å². The molecule has 94 valence electrons. The fraction of sp³-hybridized carbons (Fsp3) is 0.417. The summed E-state index contributed by atoms with van der Waals surface area (Å²) in [7, 11) is 1.53. The van der Waals surface area contributed by atoms with Crippen LogP contribution in [0.2, 0.25) is 0 Å². The van der Waals surface area contributed by atoms with Crippen LogP contribution in [0, 0.1) is 0 Å². The molecule has 0 bridgehead atoms. The van der Waals surface area contributed by atoms with Crippen LogP contribution in [0.3, 0.4) is 0 Å². The van der Waals surface area contributed by atoms with Gasteiger partial charge in [0, 0.05) is 18.1 Å². The van der Waals surface area contributed by atoms with E-state index < -0.39 is 0 Å². The monoisotopic (exact) mass is 301 g/mol. The van der Waals surface area contributed by atoms with Crippen LogP contribution in [0.4, 0.5) is 0 Å². The summed E-state index contributed by atoms with van der Waals surface area (Å²) in [6, 6.07) is 7.62. The summed E-state index contributed by atoms with van der Waals surface area (Å²) >= 11 is 3.35. The Kier molecular flexibility index (Phi) is 6.18. The quantitative estimate of drug-likeness (QED) is 0.815. The first kappa shape index (κ1) is 14.2. The molecule has 1 aromatic carbocycles. The molecule has 0 aliphatic rings. The highest BCUT2D eigenvalue weighted by atomic mass is 79.9. The Morgan fingerprint density at radius 3 is 2.88 bits per heavy atom. The highest BCUT2D eigenvalue weighted by Crippen LogP contribution is 2.12. The van der Waals surface area contributed by atoms with E-state index in [2.05, 4.69) is 15.9 Å². The summed E-state index contributed by atoms with van der Waals surface area (Å²) in [5, 5.41) is 0. The smallest absolute Gasteiger partial charge is 0.308 e. The number of benzene rings is 1. The van der Waals surface area contributed by atoms with Crippen molar-refractivity contribution in [3.8, 4) is 0 Å². The maximum atomic E-state index is 11.5. The van der Waals surface area contributed by atoms with Gasteiger partial charge in [-0.1, -0.05) is 28.1 Å². The van der Waals surface area contributed by atoms with E-state index in [9.17, 15) is 4.79 Å². The number of nitrogens with two attached hydrogens (primary N) is 1. The van der Waals surface area contributed by atoms with Crippen LogP contribution >= 0.6 is 15.9 Å². The van der Waals surface area contributed by atoms with Gasteiger partial charge in [-0.25, -0.2) is 0 Å². The molecule has 0 fully saturated rings. The summed E-state index contributed by atoms with van der Waals surface area (Å²) in [5.74, 6) is -0.303. The van der Waals surface area contributed by atoms with Gasteiger partial charge < -0.3 is 15.2 Å². The zero-order chi connectivity index (χ0) is 12.7. The number of rotatable bonds is 6. The van der Waals surface area contributed by atoms with Crippen molar-refractivity contribution in [3.63, 3.8) is 0 Å². The molecular weight excluding hydrogens is 286 g/mol. The molecule has 1 rings (SSSR count). The zero-order valence-electron chi connectivity index (χ0n) is 9.69. The van der Waals surface area contributed by atoms with E-state index in [0.717, 1.165) is 10.0 Å². The average Bonchev–Trinajstić information content (AvgIpc) is 2.33. The second kappa shape index (κ2) is 7.42. The molecule has 0 aliphatic carbocycles. The summed E-state index contributed by atoms with van der Waals surface area (Å²) in [6.45, 7) is 0.571. The number of hydrogen-bond acceptors (Lipinski definition) is 4. The van der Waals surface area contributed by atoms with E-state index in [1.54, 1.807) is 0 Å². The lowest BCUT2D eigenvalue weighted by molar-refractivity contribution is -0.147. The number of carbonyl (C=O) groups excluding carboxylic acids is 1. The Labute approximate surface area is 109 Å². The molecule has 0 amide bonds. The molecule has 17 heavy (non-hydrogen) atoms. The predicted molar refractivity (Wildman–Crippen MR) is 68.4 cm³/mol. The van der Waals surface area contributed by atoms with E-state index in [-0.39, 0.29) is 25.1 Å². The molecule has 0 heterocycles. The van der Waals surface area contributed by atoms with E-state index in [1.165, 1.54) is 7.11 Å². The van der Waals surface area contributed by atoms with Gasteiger partial charge in [0.1, 0.15) is 6.61 Å². The minimum Gasteiger partial charge on any atom is -0.461 e. The SMILES string of the molecule is COC(CN)CC(=O)OCc1cccc(Br)c1. The maximum Gasteiger partial charge on any atom is 0.308 e. The molecular formula is C12H16BrNO3. The predicted octanol–water partition coefficient (Wildman–Crippen LogP) is 1.86. The van der Waals surface area contributed by atoms with Gasteiger partial charge in [-0.2, -0.15) is 0 Å². The Morgan fingerprint density at radius 2 is 2.29 bits per heavy atom. The molecule has 1 unspecified atom stereocenters. The van der Waals surface area contributed by atoms with Gasteiger partial charge in [0.2, 0.25) is 0 Å². The van der Waals surface area contributed by atoms with Gasteiger partial charge in [0.25, 0.3) is 0 Å². The standard InChI is InChI=1S/C12H16BrNO3/c1-16-11(7-14)6-12(15)17-8-9-3-2-4-10(13)5-9/h2-5,11H,6-8,14H2,1H3. The molecule has 4 nitrogen and oxygen atoms in total. The minimum absolute atomic E-state index is 0.182. The number of ether oxygens (including phenoxy) is 2. The van der Waals surface area contributed by atoms with Crippen molar-refractivity contribution >= 4 is 21.9 Å². The molecule has 1 atom stereocenters. The highest BCUT2D eigenvalue weighted by Gasteiger charge is 2.12. The van der Waals surface area contributed by atoms with Crippen molar-refractivity contribution < 1.29 is 14.3 Å². The fourth-order valence-electron chi connectivity index (χ4n) is 1.30. The van der Waals surface area contributed by atoms with Gasteiger partial charge in [0.05, 0.1) is 12.5 Å². The van der Waals surface area contributed by atoms with Crippen molar-refractivity contribution in [3.05, 3.63) is 34.3 Å². The number of esters is 1. The summed E-state index contributed by atoms with van der Waals surface area (Å²) in [5.41, 5.74) is 6.36. The molecule has 0 aromatic heterocycles. The van der Waals surface area contributed by atoms with Crippen LogP contribution < -0.4 is 5.73 Å². The molecule has 2 N–H and O–H groups in total. The van der Waals surface area contributed by atoms with Crippen molar-refractivity contribution in [1.82, 2.24) is 0 Å². The molecule has 0 aliphatic heterocycles. The lowest BCUT2D eigenvalue weighted by Crippen LogP contribution is -2.26. The normalized spacial score (nSPS) is 12.2. The third kappa shape index (κ3) is 5.30. The van der Waals surface area contributed by atoms with Crippen LogP contribution in [-0.4, -0.2) is 25.7 Å². The van der Waals surface area contributed by atoms with Crippen molar-refractivity contribution in [2.45, 2.75) is 19.1 Å². The second-order valence-electron chi connectivity index (χ2n) is 3.59. The first-order chi connectivity index (χ1) is 8.15. The van der Waals surface area contributed by atoms with E-state index in [0.29, 0.717) is 6.54 Å². The summed E-state index contributed by atoms with van der Waals surface area (Å²) in [4.78, 5) is 11.5. The van der Waals surface area contributed by atoms with Gasteiger partial charge >= 0.3 is 5.97 Å². The lowest BCUT2D eigenvalue weighted by atomic mass is 10.2. The fourth-order valence-corrected chi connectivity index (χ4v) is 1.74. The Balaban J connectivity index is 2.38. The van der Waals surface area contributed by atoms with E-state index >= 15 is 0 Å². The van der Waals surface area contributed by atoms with Gasteiger partial charge in [-0.15, -0.1) is 0 Å². The molecule has 0 saturated carbocycles. The molecule has 0 radical (unpaired) electrons. The van der Waals surface area contributed by atoms with Crippen molar-refractivity contribution in [2.24, 2.45) is 5.73 Å². The van der Waals surface area contributed by atoms with Crippen LogP contribution in [0.5, 0.6) is 0 Å². The van der Waals surface area contributed by atoms with Gasteiger partial charge in [-0.3, -0.25) is 4.79 Å². The average molecular weight is 302 g/mol. The zero-order valence-corrected chi connectivity index (χ0v) is 11.3. The van der Waals surface area contributed by atoms with Crippen LogP contribution in [0.1, 0.15) is 12.0 Å². The first-order valence-corrected chi connectivity index (χ1v) is 6.08. The topological polar surface area (TPSA) is 61.5 Å². The third-order valence-corrected chi connectivity index (χ3v) is 2.77. The Morgan fingerprint density at radius 1 is 1.53 bits per heavy atom. The third-order valence-electron chi connectivity index (χ3n) is 2.28. The van der Waals surface area contributed by atoms with Crippen LogP contribution in [-0.2, 0) is 20.9 Å². The van der Waals surface area contributed by atoms with Crippen LogP contribution in [0.25, 0.3) is 0 Å².